The molecule has 0 spiro atoms. The number of aromatic nitrogens is 4. The first-order valence-electron chi connectivity index (χ1n) is 8.26. The molecular weight excluding hydrogens is 322 g/mol. The smallest absolute Gasteiger partial charge is 0.278 e. The first-order valence-corrected chi connectivity index (χ1v) is 8.26. The lowest BCUT2D eigenvalue weighted by molar-refractivity contribution is 0.0974. The molecule has 0 aliphatic carbocycles. The normalized spacial score (nSPS) is 17.3. The molecule has 4 rings (SSSR count). The lowest BCUT2D eigenvalue weighted by atomic mass is 10.2. The molecule has 1 amide bonds. The second-order valence-electron chi connectivity index (χ2n) is 6.20. The van der Waals surface area contributed by atoms with Crippen molar-refractivity contribution in [1.29, 1.82) is 0 Å². The molecule has 8 nitrogen and oxygen atoms in total. The fourth-order valence-electron chi connectivity index (χ4n) is 3.27. The highest BCUT2D eigenvalue weighted by Crippen LogP contribution is 2.30. The maximum atomic E-state index is 12.3. The molecule has 1 aliphatic heterocycles. The van der Waals surface area contributed by atoms with E-state index in [2.05, 4.69) is 31.8 Å². The number of carbonyl (C=O) groups excluding carboxylic acids is 1. The minimum absolute atomic E-state index is 0.205. The van der Waals surface area contributed by atoms with E-state index in [1.54, 1.807) is 0 Å². The van der Waals surface area contributed by atoms with Crippen molar-refractivity contribution < 1.29 is 13.9 Å². The summed E-state index contributed by atoms with van der Waals surface area (Å²) in [5.74, 6) is 0.113. The third-order valence-corrected chi connectivity index (χ3v) is 4.71. The van der Waals surface area contributed by atoms with E-state index in [0.29, 0.717) is 5.82 Å². The quantitative estimate of drug-likeness (QED) is 0.783. The molecule has 0 radical (unpaired) electrons. The fraction of sp³-hybridized carbons (Fsp3) is 0.412. The van der Waals surface area contributed by atoms with E-state index in [0.717, 1.165) is 48.3 Å². The molecule has 1 N–H and O–H groups in total. The Morgan fingerprint density at radius 1 is 1.36 bits per heavy atom. The van der Waals surface area contributed by atoms with Crippen LogP contribution in [0.2, 0.25) is 0 Å². The van der Waals surface area contributed by atoms with Crippen LogP contribution in [0.1, 0.15) is 34.6 Å². The molecule has 0 aromatic carbocycles. The van der Waals surface area contributed by atoms with Gasteiger partial charge in [-0.05, 0) is 32.3 Å². The molecule has 1 aliphatic rings. The average molecular weight is 341 g/mol. The van der Waals surface area contributed by atoms with Gasteiger partial charge in [0, 0.05) is 12.3 Å². The van der Waals surface area contributed by atoms with Gasteiger partial charge in [0.05, 0.1) is 18.0 Å². The summed E-state index contributed by atoms with van der Waals surface area (Å²) in [5, 5.41) is 3.65. The van der Waals surface area contributed by atoms with Crippen LogP contribution in [0.25, 0.3) is 11.0 Å². The summed E-state index contributed by atoms with van der Waals surface area (Å²) in [5.41, 5.74) is 3.16. The summed E-state index contributed by atoms with van der Waals surface area (Å²) in [7, 11) is 0. The zero-order chi connectivity index (χ0) is 17.4. The van der Waals surface area contributed by atoms with Gasteiger partial charge in [0.15, 0.2) is 12.1 Å². The van der Waals surface area contributed by atoms with Crippen molar-refractivity contribution in [3.05, 3.63) is 35.9 Å². The van der Waals surface area contributed by atoms with Crippen LogP contribution < -0.4 is 5.32 Å². The Bertz CT molecular complexity index is 910. The number of oxazole rings is 1. The van der Waals surface area contributed by atoms with E-state index in [9.17, 15) is 4.79 Å². The van der Waals surface area contributed by atoms with Crippen molar-refractivity contribution in [2.24, 2.45) is 0 Å². The first kappa shape index (κ1) is 15.8. The van der Waals surface area contributed by atoms with Gasteiger partial charge in [0.2, 0.25) is 0 Å². The molecule has 0 saturated carbocycles. The standard InChI is InChI=1S/C17H19N5O3/c1-10-11(2)22(6-12-4-3-5-25-12)16-14(10)15(18-8-19-16)21-17(23)13-7-24-9-20-13/h7-9,12H,3-6H2,1-2H3,(H,18,19,21,23). The molecule has 25 heavy (non-hydrogen) atoms. The van der Waals surface area contributed by atoms with Crippen molar-refractivity contribution >= 4 is 22.8 Å². The highest BCUT2D eigenvalue weighted by molar-refractivity contribution is 6.07. The molecule has 3 aromatic rings. The summed E-state index contributed by atoms with van der Waals surface area (Å²) in [6.45, 7) is 5.63. The largest absolute Gasteiger partial charge is 0.451 e. The summed E-state index contributed by atoms with van der Waals surface area (Å²) >= 11 is 0. The third-order valence-electron chi connectivity index (χ3n) is 4.71. The van der Waals surface area contributed by atoms with E-state index >= 15 is 0 Å². The zero-order valence-corrected chi connectivity index (χ0v) is 14.2. The number of hydrogen-bond acceptors (Lipinski definition) is 6. The van der Waals surface area contributed by atoms with Crippen molar-refractivity contribution in [2.45, 2.75) is 39.3 Å². The number of rotatable bonds is 4. The molecule has 1 saturated heterocycles. The maximum absolute atomic E-state index is 12.3. The van der Waals surface area contributed by atoms with Gasteiger partial charge in [-0.3, -0.25) is 4.79 Å². The molecule has 1 fully saturated rings. The monoisotopic (exact) mass is 341 g/mol. The molecule has 4 heterocycles. The minimum atomic E-state index is -0.363. The molecule has 130 valence electrons. The van der Waals surface area contributed by atoms with Crippen molar-refractivity contribution in [3.63, 3.8) is 0 Å². The second kappa shape index (κ2) is 6.29. The van der Waals surface area contributed by atoms with Gasteiger partial charge in [0.25, 0.3) is 5.91 Å². The Balaban J connectivity index is 1.72. The Kier molecular flexibility index (Phi) is 3.96. The van der Waals surface area contributed by atoms with Crippen LogP contribution in [0.15, 0.2) is 23.4 Å². The van der Waals surface area contributed by atoms with Crippen LogP contribution in [0.4, 0.5) is 5.82 Å². The fourth-order valence-corrected chi connectivity index (χ4v) is 3.27. The van der Waals surface area contributed by atoms with Crippen molar-refractivity contribution in [1.82, 2.24) is 19.5 Å². The van der Waals surface area contributed by atoms with E-state index in [4.69, 9.17) is 9.15 Å². The SMILES string of the molecule is Cc1c(C)n(CC2CCCO2)c2ncnc(NC(=O)c3cocn3)c12. The Labute approximate surface area is 144 Å². The zero-order valence-electron chi connectivity index (χ0n) is 14.2. The van der Waals surface area contributed by atoms with Crippen LogP contribution in [0.5, 0.6) is 0 Å². The van der Waals surface area contributed by atoms with E-state index in [1.165, 1.54) is 19.0 Å². The molecule has 1 atom stereocenters. The maximum Gasteiger partial charge on any atom is 0.278 e. The molecule has 3 aromatic heterocycles. The van der Waals surface area contributed by atoms with E-state index in [1.807, 2.05) is 6.92 Å². The van der Waals surface area contributed by atoms with Crippen LogP contribution in [0.3, 0.4) is 0 Å². The molecule has 0 bridgehead atoms. The summed E-state index contributed by atoms with van der Waals surface area (Å²) in [6, 6.07) is 0. The highest BCUT2D eigenvalue weighted by Gasteiger charge is 2.22. The Hall–Kier alpha value is -2.74. The number of amides is 1. The number of fused-ring (bicyclic) bond motifs is 1. The van der Waals surface area contributed by atoms with Crippen LogP contribution >= 0.6 is 0 Å². The van der Waals surface area contributed by atoms with Crippen LogP contribution in [-0.4, -0.2) is 38.1 Å². The van der Waals surface area contributed by atoms with Gasteiger partial charge in [-0.2, -0.15) is 0 Å². The van der Waals surface area contributed by atoms with Gasteiger partial charge < -0.3 is 19.0 Å². The van der Waals surface area contributed by atoms with Crippen LogP contribution in [-0.2, 0) is 11.3 Å². The number of ether oxygens (including phenoxy) is 1. The van der Waals surface area contributed by atoms with Gasteiger partial charge >= 0.3 is 0 Å². The summed E-state index contributed by atoms with van der Waals surface area (Å²) in [4.78, 5) is 24.8. The van der Waals surface area contributed by atoms with Crippen molar-refractivity contribution in [2.75, 3.05) is 11.9 Å². The predicted molar refractivity (Wildman–Crippen MR) is 90.4 cm³/mol. The lowest BCUT2D eigenvalue weighted by Gasteiger charge is -2.13. The predicted octanol–water partition coefficient (Wildman–Crippen LogP) is 2.47. The Morgan fingerprint density at radius 3 is 2.96 bits per heavy atom. The Morgan fingerprint density at radius 2 is 2.24 bits per heavy atom. The molecular formula is C17H19N5O3. The number of aryl methyl sites for hydroxylation is 1. The molecule has 1 unspecified atom stereocenters. The summed E-state index contributed by atoms with van der Waals surface area (Å²) in [6.07, 6.45) is 6.34. The minimum Gasteiger partial charge on any atom is -0.451 e. The topological polar surface area (TPSA) is 95.1 Å². The van der Waals surface area contributed by atoms with Gasteiger partial charge in [-0.1, -0.05) is 0 Å². The van der Waals surface area contributed by atoms with Crippen LogP contribution in [0, 0.1) is 13.8 Å². The van der Waals surface area contributed by atoms with E-state index < -0.39 is 0 Å². The molecule has 8 heteroatoms. The number of carbonyl (C=O) groups is 1. The van der Waals surface area contributed by atoms with Gasteiger partial charge in [-0.25, -0.2) is 15.0 Å². The first-order chi connectivity index (χ1) is 12.1. The number of nitrogens with one attached hydrogen (secondary N) is 1. The lowest BCUT2D eigenvalue weighted by Crippen LogP contribution is -2.16. The second-order valence-corrected chi connectivity index (χ2v) is 6.20. The van der Waals surface area contributed by atoms with Gasteiger partial charge in [-0.15, -0.1) is 0 Å². The van der Waals surface area contributed by atoms with Crippen molar-refractivity contribution in [3.8, 4) is 0 Å². The number of nitrogens with zero attached hydrogens (tertiary/aromatic N) is 4. The van der Waals surface area contributed by atoms with Gasteiger partial charge in [0.1, 0.15) is 24.1 Å². The highest BCUT2D eigenvalue weighted by atomic mass is 16.5. The number of hydrogen-bond donors (Lipinski definition) is 1. The number of anilines is 1. The third kappa shape index (κ3) is 2.78. The van der Waals surface area contributed by atoms with E-state index in [-0.39, 0.29) is 17.7 Å². The average Bonchev–Trinajstić information content (AvgIpc) is 3.34. The summed E-state index contributed by atoms with van der Waals surface area (Å²) < 4.78 is 12.8.